The molecule has 0 aromatic heterocycles. The molecular weight excluding hydrogens is 312 g/mol. The second-order valence-electron chi connectivity index (χ2n) is 5.37. The van der Waals surface area contributed by atoms with Crippen LogP contribution in [0.25, 0.3) is 0 Å². The molecule has 7 heteroatoms. The molecule has 0 saturated heterocycles. The van der Waals surface area contributed by atoms with Crippen molar-refractivity contribution in [3.63, 3.8) is 0 Å². The van der Waals surface area contributed by atoms with Crippen LogP contribution in [0.4, 0.5) is 4.79 Å². The molecular formula is C17H24N2O5. The smallest absolute Gasteiger partial charge is 0.407 e. The molecule has 0 aliphatic heterocycles. The Morgan fingerprint density at radius 2 is 1.83 bits per heavy atom. The van der Waals surface area contributed by atoms with E-state index in [0.29, 0.717) is 6.42 Å². The van der Waals surface area contributed by atoms with Crippen molar-refractivity contribution in [3.05, 3.63) is 35.9 Å². The molecule has 2 atom stereocenters. The summed E-state index contributed by atoms with van der Waals surface area (Å²) in [4.78, 5) is 35.2. The molecule has 1 aromatic rings. The van der Waals surface area contributed by atoms with Gasteiger partial charge in [-0.15, -0.1) is 0 Å². The average Bonchev–Trinajstić information content (AvgIpc) is 2.62. The van der Waals surface area contributed by atoms with Gasteiger partial charge in [-0.2, -0.15) is 0 Å². The summed E-state index contributed by atoms with van der Waals surface area (Å²) in [5, 5.41) is 4.91. The van der Waals surface area contributed by atoms with E-state index in [9.17, 15) is 14.4 Å². The number of hydrogen-bond acceptors (Lipinski definition) is 5. The highest BCUT2D eigenvalue weighted by atomic mass is 16.5. The number of ether oxygens (including phenoxy) is 2. The third-order valence-electron chi connectivity index (χ3n) is 3.59. The quantitative estimate of drug-likeness (QED) is 0.704. The fourth-order valence-electron chi connectivity index (χ4n) is 1.95. The Kier molecular flexibility index (Phi) is 8.32. The Morgan fingerprint density at radius 3 is 2.42 bits per heavy atom. The Balaban J connectivity index is 2.38. The van der Waals surface area contributed by atoms with Gasteiger partial charge in [0.05, 0.1) is 7.11 Å². The largest absolute Gasteiger partial charge is 0.467 e. The van der Waals surface area contributed by atoms with Crippen LogP contribution in [0.1, 0.15) is 25.8 Å². The van der Waals surface area contributed by atoms with Gasteiger partial charge in [0.25, 0.3) is 0 Å². The van der Waals surface area contributed by atoms with E-state index in [1.807, 2.05) is 44.2 Å². The van der Waals surface area contributed by atoms with Gasteiger partial charge in [0.2, 0.25) is 5.91 Å². The first-order chi connectivity index (χ1) is 11.5. The van der Waals surface area contributed by atoms with Crippen molar-refractivity contribution in [1.29, 1.82) is 0 Å². The maximum atomic E-state index is 11.9. The van der Waals surface area contributed by atoms with E-state index >= 15 is 0 Å². The first kappa shape index (κ1) is 19.5. The van der Waals surface area contributed by atoms with E-state index in [1.54, 1.807) is 0 Å². The van der Waals surface area contributed by atoms with Gasteiger partial charge in [-0.3, -0.25) is 4.79 Å². The van der Waals surface area contributed by atoms with Gasteiger partial charge in [0.15, 0.2) is 0 Å². The van der Waals surface area contributed by atoms with Crippen LogP contribution in [0.15, 0.2) is 30.3 Å². The molecule has 0 heterocycles. The summed E-state index contributed by atoms with van der Waals surface area (Å²) in [5.41, 5.74) is 0.847. The molecule has 0 unspecified atom stereocenters. The zero-order chi connectivity index (χ0) is 17.9. The van der Waals surface area contributed by atoms with Crippen LogP contribution in [-0.2, 0) is 25.7 Å². The van der Waals surface area contributed by atoms with Crippen molar-refractivity contribution < 1.29 is 23.9 Å². The van der Waals surface area contributed by atoms with E-state index < -0.39 is 24.0 Å². The molecule has 0 bridgehead atoms. The molecule has 2 N–H and O–H groups in total. The maximum absolute atomic E-state index is 11.9. The summed E-state index contributed by atoms with van der Waals surface area (Å²) in [6, 6.07) is 8.45. The van der Waals surface area contributed by atoms with E-state index in [2.05, 4.69) is 15.4 Å². The summed E-state index contributed by atoms with van der Waals surface area (Å²) in [7, 11) is 1.27. The second-order valence-corrected chi connectivity index (χ2v) is 5.37. The minimum absolute atomic E-state index is 0.0774. The summed E-state index contributed by atoms with van der Waals surface area (Å²) >= 11 is 0. The van der Waals surface area contributed by atoms with Crippen LogP contribution in [-0.4, -0.2) is 37.7 Å². The minimum Gasteiger partial charge on any atom is -0.467 e. The zero-order valence-electron chi connectivity index (χ0n) is 14.2. The van der Waals surface area contributed by atoms with Gasteiger partial charge >= 0.3 is 12.1 Å². The minimum atomic E-state index is -0.741. The molecule has 0 radical (unpaired) electrons. The van der Waals surface area contributed by atoms with Gasteiger partial charge in [0, 0.05) is 0 Å². The summed E-state index contributed by atoms with van der Waals surface area (Å²) < 4.78 is 9.68. The first-order valence-corrected chi connectivity index (χ1v) is 7.79. The summed E-state index contributed by atoms with van der Waals surface area (Å²) in [6.07, 6.45) is -0.000718. The highest BCUT2D eigenvalue weighted by Gasteiger charge is 2.26. The average molecular weight is 336 g/mol. The van der Waals surface area contributed by atoms with Gasteiger partial charge < -0.3 is 20.1 Å². The Morgan fingerprint density at radius 1 is 1.17 bits per heavy atom. The van der Waals surface area contributed by atoms with Gasteiger partial charge in [-0.05, 0) is 11.5 Å². The fraction of sp³-hybridized carbons (Fsp3) is 0.471. The maximum Gasteiger partial charge on any atom is 0.407 e. The van der Waals surface area contributed by atoms with Crippen molar-refractivity contribution in [2.75, 3.05) is 13.7 Å². The number of benzene rings is 1. The fourth-order valence-corrected chi connectivity index (χ4v) is 1.95. The van der Waals surface area contributed by atoms with E-state index in [-0.39, 0.29) is 19.1 Å². The van der Waals surface area contributed by atoms with Crippen molar-refractivity contribution in [3.8, 4) is 0 Å². The summed E-state index contributed by atoms with van der Waals surface area (Å²) in [5.74, 6) is -1.07. The number of hydrogen-bond donors (Lipinski definition) is 2. The molecule has 0 aliphatic rings. The highest BCUT2D eigenvalue weighted by Crippen LogP contribution is 2.09. The van der Waals surface area contributed by atoms with Crippen LogP contribution in [0.3, 0.4) is 0 Å². The molecule has 7 nitrogen and oxygen atoms in total. The molecule has 0 fully saturated rings. The zero-order valence-corrected chi connectivity index (χ0v) is 14.2. The SMILES string of the molecule is CC[C@@H](C)[C@H](NC(=O)CNC(=O)OCc1ccccc1)C(=O)OC. The van der Waals surface area contributed by atoms with E-state index in [1.165, 1.54) is 7.11 Å². The molecule has 0 spiro atoms. The van der Waals surface area contributed by atoms with Crippen LogP contribution >= 0.6 is 0 Å². The van der Waals surface area contributed by atoms with Crippen molar-refractivity contribution >= 4 is 18.0 Å². The molecule has 1 aromatic carbocycles. The van der Waals surface area contributed by atoms with Crippen molar-refractivity contribution in [2.24, 2.45) is 5.92 Å². The van der Waals surface area contributed by atoms with Gasteiger partial charge in [0.1, 0.15) is 19.2 Å². The molecule has 24 heavy (non-hydrogen) atoms. The molecule has 0 saturated carbocycles. The molecule has 2 amide bonds. The first-order valence-electron chi connectivity index (χ1n) is 7.79. The predicted octanol–water partition coefficient (Wildman–Crippen LogP) is 1.62. The second kappa shape index (κ2) is 10.3. The monoisotopic (exact) mass is 336 g/mol. The Hall–Kier alpha value is -2.57. The van der Waals surface area contributed by atoms with Gasteiger partial charge in [-0.25, -0.2) is 9.59 Å². The normalized spacial score (nSPS) is 12.6. The number of rotatable bonds is 8. The lowest BCUT2D eigenvalue weighted by Crippen LogP contribution is -2.49. The van der Waals surface area contributed by atoms with Crippen molar-refractivity contribution in [1.82, 2.24) is 10.6 Å². The standard InChI is InChI=1S/C17H24N2O5/c1-4-12(2)15(16(21)23-3)19-14(20)10-18-17(22)24-11-13-8-6-5-7-9-13/h5-9,12,15H,4,10-11H2,1-3H3,(H,18,22)(H,19,20)/t12-,15+/m1/s1. The lowest BCUT2D eigenvalue weighted by Gasteiger charge is -2.21. The lowest BCUT2D eigenvalue weighted by atomic mass is 9.99. The third kappa shape index (κ3) is 6.68. The summed E-state index contributed by atoms with van der Waals surface area (Å²) in [6.45, 7) is 3.58. The number of carbonyl (C=O) groups is 3. The van der Waals surface area contributed by atoms with Crippen molar-refractivity contribution in [2.45, 2.75) is 32.9 Å². The van der Waals surface area contributed by atoms with Crippen LogP contribution in [0.2, 0.25) is 0 Å². The topological polar surface area (TPSA) is 93.7 Å². The number of carbonyl (C=O) groups excluding carboxylic acids is 3. The molecule has 132 valence electrons. The Bertz CT molecular complexity index is 547. The van der Waals surface area contributed by atoms with E-state index in [0.717, 1.165) is 5.56 Å². The van der Waals surface area contributed by atoms with Crippen LogP contribution in [0, 0.1) is 5.92 Å². The lowest BCUT2D eigenvalue weighted by molar-refractivity contribution is -0.146. The van der Waals surface area contributed by atoms with Gasteiger partial charge in [-0.1, -0.05) is 50.6 Å². The van der Waals surface area contributed by atoms with E-state index in [4.69, 9.17) is 4.74 Å². The van der Waals surface area contributed by atoms with Crippen LogP contribution < -0.4 is 10.6 Å². The number of esters is 1. The number of alkyl carbamates (subject to hydrolysis) is 1. The molecule has 0 aliphatic carbocycles. The highest BCUT2D eigenvalue weighted by molar-refractivity contribution is 5.87. The number of nitrogens with one attached hydrogen (secondary N) is 2. The predicted molar refractivity (Wildman–Crippen MR) is 88.0 cm³/mol. The third-order valence-corrected chi connectivity index (χ3v) is 3.59. The number of amides is 2. The number of methoxy groups -OCH3 is 1. The van der Waals surface area contributed by atoms with Crippen LogP contribution in [0.5, 0.6) is 0 Å². The Labute approximate surface area is 141 Å². The molecule has 1 rings (SSSR count).